The third kappa shape index (κ3) is 3.81. The number of ether oxygens (including phenoxy) is 5. The van der Waals surface area contributed by atoms with Gasteiger partial charge >= 0.3 is 0 Å². The van der Waals surface area contributed by atoms with E-state index < -0.39 is 24.0 Å². The quantitative estimate of drug-likeness (QED) is 0.633. The van der Waals surface area contributed by atoms with Crippen molar-refractivity contribution in [3.8, 4) is 5.75 Å². The van der Waals surface area contributed by atoms with Crippen LogP contribution in [0.1, 0.15) is 33.3 Å². The second-order valence-corrected chi connectivity index (χ2v) is 7.80. The van der Waals surface area contributed by atoms with Crippen LogP contribution >= 0.6 is 0 Å². The smallest absolute Gasteiger partial charge is 0.190 e. The molecule has 8 nitrogen and oxygen atoms in total. The van der Waals surface area contributed by atoms with Crippen molar-refractivity contribution in [3.63, 3.8) is 0 Å². The minimum absolute atomic E-state index is 0.134. The van der Waals surface area contributed by atoms with Gasteiger partial charge in [-0.25, -0.2) is 0 Å². The molecule has 8 heteroatoms. The normalized spacial score (nSPS) is 36.5. The SMILES string of the molecule is CC1(C)O[C@H]2[C@@H](O1)[C@@H](CO/N=C/c1ccccc1O)O[C@@H]1OC(C)(C)O[C@@H]12. The molecule has 3 aliphatic rings. The van der Waals surface area contributed by atoms with Crippen LogP contribution in [0.2, 0.25) is 0 Å². The molecule has 0 amide bonds. The topological polar surface area (TPSA) is 88.0 Å². The Balaban J connectivity index is 1.44. The summed E-state index contributed by atoms with van der Waals surface area (Å²) in [6.45, 7) is 7.54. The minimum atomic E-state index is -0.755. The molecule has 0 spiro atoms. The average molecular weight is 379 g/mol. The summed E-state index contributed by atoms with van der Waals surface area (Å²) >= 11 is 0. The predicted molar refractivity (Wildman–Crippen MR) is 94.2 cm³/mol. The summed E-state index contributed by atoms with van der Waals surface area (Å²) in [5, 5.41) is 13.7. The van der Waals surface area contributed by atoms with Gasteiger partial charge in [-0.05, 0) is 39.8 Å². The molecule has 1 N–H and O–H groups in total. The molecule has 3 aliphatic heterocycles. The molecule has 1 aromatic carbocycles. The van der Waals surface area contributed by atoms with Gasteiger partial charge < -0.3 is 33.6 Å². The van der Waals surface area contributed by atoms with Crippen LogP contribution in [0, 0.1) is 0 Å². The highest BCUT2D eigenvalue weighted by Gasteiger charge is 2.60. The lowest BCUT2D eigenvalue weighted by Crippen LogP contribution is -2.56. The van der Waals surface area contributed by atoms with Crippen molar-refractivity contribution in [2.24, 2.45) is 5.16 Å². The van der Waals surface area contributed by atoms with Crippen molar-refractivity contribution >= 4 is 6.21 Å². The molecule has 1 aromatic rings. The van der Waals surface area contributed by atoms with Gasteiger partial charge in [-0.2, -0.15) is 0 Å². The first-order valence-electron chi connectivity index (χ1n) is 9.04. The monoisotopic (exact) mass is 379 g/mol. The number of rotatable bonds is 4. The van der Waals surface area contributed by atoms with Gasteiger partial charge in [-0.1, -0.05) is 17.3 Å². The van der Waals surface area contributed by atoms with Crippen LogP contribution < -0.4 is 0 Å². The zero-order chi connectivity index (χ0) is 19.2. The van der Waals surface area contributed by atoms with E-state index in [0.29, 0.717) is 5.56 Å². The van der Waals surface area contributed by atoms with Gasteiger partial charge in [0, 0.05) is 5.56 Å². The highest BCUT2D eigenvalue weighted by atomic mass is 16.9. The molecule has 3 saturated heterocycles. The van der Waals surface area contributed by atoms with Crippen molar-refractivity contribution < 1.29 is 33.6 Å². The van der Waals surface area contributed by atoms with Crippen molar-refractivity contribution in [2.45, 2.75) is 70.0 Å². The maximum absolute atomic E-state index is 9.75. The van der Waals surface area contributed by atoms with Crippen LogP contribution in [-0.4, -0.2) is 60.2 Å². The van der Waals surface area contributed by atoms with Crippen LogP contribution in [0.15, 0.2) is 29.4 Å². The second kappa shape index (κ2) is 6.72. The van der Waals surface area contributed by atoms with E-state index in [0.717, 1.165) is 0 Å². The van der Waals surface area contributed by atoms with Gasteiger partial charge in [0.25, 0.3) is 0 Å². The molecule has 3 fully saturated rings. The highest BCUT2D eigenvalue weighted by molar-refractivity contribution is 5.82. The van der Waals surface area contributed by atoms with E-state index in [1.165, 1.54) is 6.21 Å². The van der Waals surface area contributed by atoms with Crippen molar-refractivity contribution in [1.82, 2.24) is 0 Å². The first kappa shape index (κ1) is 18.6. The van der Waals surface area contributed by atoms with E-state index in [9.17, 15) is 5.11 Å². The van der Waals surface area contributed by atoms with E-state index in [4.69, 9.17) is 28.5 Å². The molecule has 0 unspecified atom stereocenters. The summed E-state index contributed by atoms with van der Waals surface area (Å²) < 4.78 is 29.9. The van der Waals surface area contributed by atoms with Gasteiger partial charge in [-0.15, -0.1) is 0 Å². The van der Waals surface area contributed by atoms with E-state index >= 15 is 0 Å². The molecule has 0 saturated carbocycles. The highest BCUT2D eigenvalue weighted by Crippen LogP contribution is 2.44. The molecule has 4 rings (SSSR count). The van der Waals surface area contributed by atoms with E-state index in [1.807, 2.05) is 27.7 Å². The number of aromatic hydroxyl groups is 1. The number of phenolic OH excluding ortho intramolecular Hbond substituents is 1. The molecular formula is C19H25NO7. The Labute approximate surface area is 157 Å². The lowest BCUT2D eigenvalue weighted by molar-refractivity contribution is -0.243. The Morgan fingerprint density at radius 3 is 2.44 bits per heavy atom. The maximum Gasteiger partial charge on any atom is 0.190 e. The molecule has 148 valence electrons. The Hall–Kier alpha value is -1.71. The van der Waals surface area contributed by atoms with Gasteiger partial charge in [-0.3, -0.25) is 0 Å². The maximum atomic E-state index is 9.75. The Morgan fingerprint density at radius 2 is 1.67 bits per heavy atom. The number of phenols is 1. The first-order valence-corrected chi connectivity index (χ1v) is 9.04. The molecule has 5 atom stereocenters. The van der Waals surface area contributed by atoms with Crippen LogP contribution in [0.5, 0.6) is 5.75 Å². The van der Waals surface area contributed by atoms with Crippen molar-refractivity contribution in [3.05, 3.63) is 29.8 Å². The van der Waals surface area contributed by atoms with Crippen LogP contribution in [0.3, 0.4) is 0 Å². The second-order valence-electron chi connectivity index (χ2n) is 7.80. The summed E-state index contributed by atoms with van der Waals surface area (Å²) in [7, 11) is 0. The number of hydrogen-bond acceptors (Lipinski definition) is 8. The van der Waals surface area contributed by atoms with E-state index in [2.05, 4.69) is 5.16 Å². The number of benzene rings is 1. The van der Waals surface area contributed by atoms with E-state index in [1.54, 1.807) is 24.3 Å². The number of para-hydroxylation sites is 1. The van der Waals surface area contributed by atoms with Crippen molar-refractivity contribution in [2.75, 3.05) is 6.61 Å². The third-order valence-electron chi connectivity index (χ3n) is 4.69. The summed E-state index contributed by atoms with van der Waals surface area (Å²) in [4.78, 5) is 5.41. The largest absolute Gasteiger partial charge is 0.507 e. The summed E-state index contributed by atoms with van der Waals surface area (Å²) in [5.41, 5.74) is 0.566. The number of nitrogens with zero attached hydrogens (tertiary/aromatic N) is 1. The van der Waals surface area contributed by atoms with Crippen LogP contribution in [0.25, 0.3) is 0 Å². The zero-order valence-electron chi connectivity index (χ0n) is 15.8. The molecule has 0 aromatic heterocycles. The van der Waals surface area contributed by atoms with Crippen molar-refractivity contribution in [1.29, 1.82) is 0 Å². The Morgan fingerprint density at radius 1 is 1.00 bits per heavy atom. The van der Waals surface area contributed by atoms with Crippen LogP contribution in [-0.2, 0) is 28.5 Å². The minimum Gasteiger partial charge on any atom is -0.507 e. The standard InChI is InChI=1S/C19H25NO7/c1-18(2)24-14-13(10-22-20-9-11-7-5-6-8-12(11)21)23-17-16(15(14)25-18)26-19(3,4)27-17/h5-9,13-17,21H,10H2,1-4H3/b20-9+/t13-,14+,15+,16-,17-/m1/s1. The van der Waals surface area contributed by atoms with Crippen LogP contribution in [0.4, 0.5) is 0 Å². The summed E-state index contributed by atoms with van der Waals surface area (Å²) in [6.07, 6.45) is -0.596. The first-order chi connectivity index (χ1) is 12.7. The summed E-state index contributed by atoms with van der Waals surface area (Å²) in [6, 6.07) is 6.87. The molecule has 3 heterocycles. The van der Waals surface area contributed by atoms with E-state index in [-0.39, 0.29) is 30.7 Å². The fraction of sp³-hybridized carbons (Fsp3) is 0.632. The molecule has 27 heavy (non-hydrogen) atoms. The molecule has 0 aliphatic carbocycles. The lowest BCUT2D eigenvalue weighted by atomic mass is 9.99. The van der Waals surface area contributed by atoms with Gasteiger partial charge in [0.2, 0.25) is 0 Å². The third-order valence-corrected chi connectivity index (χ3v) is 4.69. The number of fused-ring (bicyclic) bond motifs is 3. The summed E-state index contributed by atoms with van der Waals surface area (Å²) in [5.74, 6) is -1.37. The fourth-order valence-corrected chi connectivity index (χ4v) is 3.63. The predicted octanol–water partition coefficient (Wildman–Crippen LogP) is 2.14. The molecular weight excluding hydrogens is 354 g/mol. The average Bonchev–Trinajstić information content (AvgIpc) is 3.07. The van der Waals surface area contributed by atoms with Gasteiger partial charge in [0.15, 0.2) is 17.9 Å². The van der Waals surface area contributed by atoms with Gasteiger partial charge in [0.05, 0.1) is 6.21 Å². The number of hydrogen-bond donors (Lipinski definition) is 1. The Bertz CT molecular complexity index is 720. The zero-order valence-corrected chi connectivity index (χ0v) is 15.8. The lowest BCUT2D eigenvalue weighted by Gasteiger charge is -2.36. The molecule has 0 radical (unpaired) electrons. The number of oxime groups is 1. The Kier molecular flexibility index (Phi) is 4.64. The molecule has 0 bridgehead atoms. The van der Waals surface area contributed by atoms with Gasteiger partial charge in [0.1, 0.15) is 36.8 Å². The fourth-order valence-electron chi connectivity index (χ4n) is 3.63.